The molecule has 2 aromatic carbocycles. The number of H-pyrrole nitrogens is 1. The van der Waals surface area contributed by atoms with Crippen LogP contribution in [0.25, 0.3) is 44.9 Å². The first-order valence-corrected chi connectivity index (χ1v) is 18.2. The molecule has 0 unspecified atom stereocenters. The molecule has 3 aliphatic heterocycles. The van der Waals surface area contributed by atoms with Crippen LogP contribution in [0, 0.1) is 0 Å². The number of likely N-dealkylation sites (N-methyl/N-ethyl adjacent to an activating group) is 1. The van der Waals surface area contributed by atoms with E-state index in [2.05, 4.69) is 107 Å². The number of hydrogen-bond donors (Lipinski definition) is 1. The number of aromatic amines is 1. The van der Waals surface area contributed by atoms with Crippen molar-refractivity contribution in [3.05, 3.63) is 103 Å². The number of hydrogen-bond acceptors (Lipinski definition) is 10. The molecule has 3 aliphatic rings. The smallest absolute Gasteiger partial charge is 0.227 e. The topological polar surface area (TPSA) is 106 Å². The molecule has 9 rings (SSSR count). The number of piperazine rings is 1. The minimum atomic E-state index is 0.382. The molecule has 6 aromatic rings. The molecule has 258 valence electrons. The van der Waals surface area contributed by atoms with Crippen LogP contribution in [0.15, 0.2) is 91.3 Å². The monoisotopic (exact) mass is 677 g/mol. The van der Waals surface area contributed by atoms with Crippen molar-refractivity contribution in [2.75, 3.05) is 64.3 Å². The highest BCUT2D eigenvalue weighted by molar-refractivity contribution is 5.90. The second-order valence-corrected chi connectivity index (χ2v) is 14.3. The highest BCUT2D eigenvalue weighted by Gasteiger charge is 2.32. The van der Waals surface area contributed by atoms with Gasteiger partial charge in [-0.15, -0.1) is 10.2 Å². The molecule has 0 radical (unpaired) electrons. The van der Waals surface area contributed by atoms with E-state index in [9.17, 15) is 0 Å². The van der Waals surface area contributed by atoms with Crippen LogP contribution in [0.5, 0.6) is 0 Å². The summed E-state index contributed by atoms with van der Waals surface area (Å²) in [5.74, 6) is 2.86. The lowest BCUT2D eigenvalue weighted by molar-refractivity contribution is 0.0486. The van der Waals surface area contributed by atoms with Gasteiger partial charge in [-0.05, 0) is 62.3 Å². The maximum atomic E-state index is 5.23. The van der Waals surface area contributed by atoms with E-state index in [1.54, 1.807) is 6.20 Å². The van der Waals surface area contributed by atoms with Crippen molar-refractivity contribution in [3.63, 3.8) is 0 Å². The Bertz CT molecular complexity index is 2080. The summed E-state index contributed by atoms with van der Waals surface area (Å²) in [6.07, 6.45) is 5.83. The second kappa shape index (κ2) is 13.9. The third-order valence-electron chi connectivity index (χ3n) is 10.8. The van der Waals surface area contributed by atoms with Crippen LogP contribution in [0.2, 0.25) is 0 Å². The first kappa shape index (κ1) is 31.9. The highest BCUT2D eigenvalue weighted by atomic mass is 15.4. The predicted molar refractivity (Wildman–Crippen MR) is 200 cm³/mol. The first-order valence-electron chi connectivity index (χ1n) is 18.2. The molecule has 11 heteroatoms. The van der Waals surface area contributed by atoms with E-state index < -0.39 is 0 Å². The SMILES string of the molecule is CN1CC(N2CCN(c3ncc4cc(-c5ccccc5)c(-c5ccc(CN6CCC(c7nnc(-c8ccccn8)[nH]7)CC6)cc5)nc4n3)CC2)C1. The van der Waals surface area contributed by atoms with Gasteiger partial charge in [-0.1, -0.05) is 60.7 Å². The van der Waals surface area contributed by atoms with Gasteiger partial charge in [0.2, 0.25) is 5.95 Å². The molecule has 7 heterocycles. The number of aromatic nitrogens is 7. The standard InChI is InChI=1S/C40H43N11/c1-48-26-33(27-48)50-19-21-51(22-20-50)40-42-24-32-23-34(29-7-3-2-4-8-29)36(43-37(32)45-40)30-12-10-28(11-13-30)25-49-17-14-31(15-18-49)38-44-39(47-46-38)35-9-5-6-16-41-35/h2-13,16,23-24,31,33H,14-15,17-22,25-27H2,1H3,(H,44,46,47). The van der Waals surface area contributed by atoms with Gasteiger partial charge >= 0.3 is 0 Å². The van der Waals surface area contributed by atoms with Gasteiger partial charge in [0.25, 0.3) is 0 Å². The van der Waals surface area contributed by atoms with E-state index in [-0.39, 0.29) is 0 Å². The number of nitrogens with one attached hydrogen (secondary N) is 1. The summed E-state index contributed by atoms with van der Waals surface area (Å²) < 4.78 is 0. The van der Waals surface area contributed by atoms with Gasteiger partial charge in [0, 0.05) is 86.7 Å². The zero-order valence-electron chi connectivity index (χ0n) is 29.1. The van der Waals surface area contributed by atoms with Gasteiger partial charge in [-0.2, -0.15) is 4.98 Å². The van der Waals surface area contributed by atoms with Crippen LogP contribution in [0.4, 0.5) is 5.95 Å². The third kappa shape index (κ3) is 6.72. The predicted octanol–water partition coefficient (Wildman–Crippen LogP) is 5.35. The summed E-state index contributed by atoms with van der Waals surface area (Å²) in [5.41, 5.74) is 7.12. The summed E-state index contributed by atoms with van der Waals surface area (Å²) in [4.78, 5) is 32.8. The third-order valence-corrected chi connectivity index (χ3v) is 10.8. The average Bonchev–Trinajstić information content (AvgIpc) is 3.68. The number of likely N-dealkylation sites (tertiary alicyclic amines) is 2. The molecular weight excluding hydrogens is 635 g/mol. The molecule has 4 aromatic heterocycles. The van der Waals surface area contributed by atoms with Crippen LogP contribution in [0.3, 0.4) is 0 Å². The molecule has 0 spiro atoms. The van der Waals surface area contributed by atoms with Crippen molar-refractivity contribution in [3.8, 4) is 33.9 Å². The largest absolute Gasteiger partial charge is 0.338 e. The lowest BCUT2D eigenvalue weighted by Gasteiger charge is -2.46. The van der Waals surface area contributed by atoms with Gasteiger partial charge in [0.05, 0.1) is 5.69 Å². The van der Waals surface area contributed by atoms with E-state index in [1.165, 1.54) is 18.7 Å². The van der Waals surface area contributed by atoms with E-state index in [1.807, 2.05) is 24.4 Å². The Kier molecular flexibility index (Phi) is 8.68. The minimum Gasteiger partial charge on any atom is -0.338 e. The van der Waals surface area contributed by atoms with Crippen LogP contribution in [-0.4, -0.2) is 115 Å². The maximum absolute atomic E-state index is 5.23. The molecule has 3 fully saturated rings. The minimum absolute atomic E-state index is 0.382. The second-order valence-electron chi connectivity index (χ2n) is 14.3. The van der Waals surface area contributed by atoms with E-state index in [0.29, 0.717) is 12.0 Å². The summed E-state index contributed by atoms with van der Waals surface area (Å²) in [6.45, 7) is 9.26. The van der Waals surface area contributed by atoms with Crippen molar-refractivity contribution >= 4 is 17.0 Å². The molecule has 0 amide bonds. The molecule has 11 nitrogen and oxygen atoms in total. The number of benzene rings is 2. The number of nitrogens with zero attached hydrogens (tertiary/aromatic N) is 10. The lowest BCUT2D eigenvalue weighted by Crippen LogP contribution is -2.62. The molecule has 51 heavy (non-hydrogen) atoms. The molecular formula is C40H43N11. The maximum Gasteiger partial charge on any atom is 0.227 e. The Balaban J connectivity index is 0.900. The summed E-state index contributed by atoms with van der Waals surface area (Å²) in [5, 5.41) is 9.79. The van der Waals surface area contributed by atoms with E-state index in [4.69, 9.17) is 15.0 Å². The van der Waals surface area contributed by atoms with Crippen molar-refractivity contribution in [1.82, 2.24) is 49.8 Å². The van der Waals surface area contributed by atoms with Crippen LogP contribution in [0.1, 0.15) is 30.1 Å². The van der Waals surface area contributed by atoms with Gasteiger partial charge in [0.15, 0.2) is 11.5 Å². The molecule has 0 saturated carbocycles. The van der Waals surface area contributed by atoms with Crippen LogP contribution >= 0.6 is 0 Å². The number of fused-ring (bicyclic) bond motifs is 1. The van der Waals surface area contributed by atoms with Gasteiger partial charge < -0.3 is 14.8 Å². The quantitative estimate of drug-likeness (QED) is 0.227. The zero-order chi connectivity index (χ0) is 34.1. The molecule has 0 aliphatic carbocycles. The normalized spacial score (nSPS) is 18.3. The molecule has 3 saturated heterocycles. The lowest BCUT2D eigenvalue weighted by atomic mass is 9.95. The number of rotatable bonds is 8. The Morgan fingerprint density at radius 2 is 1.55 bits per heavy atom. The Labute approximate surface area is 298 Å². The van der Waals surface area contributed by atoms with Gasteiger partial charge in [-0.25, -0.2) is 9.97 Å². The molecule has 0 atom stereocenters. The van der Waals surface area contributed by atoms with Crippen LogP contribution < -0.4 is 4.90 Å². The Hall–Kier alpha value is -5.10. The fraction of sp³-hybridized carbons (Fsp3) is 0.350. The Morgan fingerprint density at radius 3 is 2.29 bits per heavy atom. The fourth-order valence-corrected chi connectivity index (χ4v) is 7.82. The summed E-state index contributed by atoms with van der Waals surface area (Å²) >= 11 is 0. The van der Waals surface area contributed by atoms with E-state index >= 15 is 0 Å². The average molecular weight is 678 g/mol. The first-order chi connectivity index (χ1) is 25.1. The number of anilines is 1. The Morgan fingerprint density at radius 1 is 0.765 bits per heavy atom. The van der Waals surface area contributed by atoms with Crippen LogP contribution in [-0.2, 0) is 6.54 Å². The summed E-state index contributed by atoms with van der Waals surface area (Å²) in [6, 6.07) is 28.2. The molecule has 1 N–H and O–H groups in total. The van der Waals surface area contributed by atoms with E-state index in [0.717, 1.165) is 115 Å². The highest BCUT2D eigenvalue weighted by Crippen LogP contribution is 2.34. The van der Waals surface area contributed by atoms with Crippen molar-refractivity contribution in [2.24, 2.45) is 0 Å². The van der Waals surface area contributed by atoms with Gasteiger partial charge in [0.1, 0.15) is 11.5 Å². The zero-order valence-corrected chi connectivity index (χ0v) is 29.1. The van der Waals surface area contributed by atoms with Crippen molar-refractivity contribution < 1.29 is 0 Å². The van der Waals surface area contributed by atoms with Crippen molar-refractivity contribution in [2.45, 2.75) is 31.3 Å². The number of pyridine rings is 2. The van der Waals surface area contributed by atoms with Gasteiger partial charge in [-0.3, -0.25) is 14.8 Å². The fourth-order valence-electron chi connectivity index (χ4n) is 7.82. The summed E-state index contributed by atoms with van der Waals surface area (Å²) in [7, 11) is 2.19. The van der Waals surface area contributed by atoms with Crippen molar-refractivity contribution in [1.29, 1.82) is 0 Å². The number of piperidine rings is 1. The molecule has 0 bridgehead atoms.